The van der Waals surface area contributed by atoms with Gasteiger partial charge in [0.05, 0.1) is 27.0 Å². The van der Waals surface area contributed by atoms with Crippen molar-refractivity contribution in [2.45, 2.75) is 6.92 Å². The van der Waals surface area contributed by atoms with Crippen molar-refractivity contribution in [3.8, 4) is 0 Å². The van der Waals surface area contributed by atoms with Gasteiger partial charge in [0, 0.05) is 0 Å². The van der Waals surface area contributed by atoms with Crippen LogP contribution in [0.1, 0.15) is 15.9 Å². The number of amides is 1. The number of halogens is 2. The smallest absolute Gasteiger partial charge is 0.255 e. The third kappa shape index (κ3) is 3.47. The second-order valence-electron chi connectivity index (χ2n) is 4.39. The lowest BCUT2D eigenvalue weighted by molar-refractivity contribution is 0.0911. The summed E-state index contributed by atoms with van der Waals surface area (Å²) in [6.45, 7) is 1.44. The Morgan fingerprint density at radius 1 is 1.19 bits per heavy atom. The molecule has 0 fully saturated rings. The summed E-state index contributed by atoms with van der Waals surface area (Å²) in [7, 11) is 0. The molecule has 0 saturated carbocycles. The predicted molar refractivity (Wildman–Crippen MR) is 85.5 cm³/mol. The molecule has 0 aliphatic rings. The Labute approximate surface area is 132 Å². The molecular formula is C15H14Cl2N2O2. The first kappa shape index (κ1) is 15.6. The van der Waals surface area contributed by atoms with Crippen LogP contribution in [-0.2, 0) is 0 Å². The minimum atomic E-state index is -0.431. The zero-order chi connectivity index (χ0) is 15.4. The fraction of sp³-hybridized carbons (Fsp3) is 0.133. The number of para-hydroxylation sites is 1. The molecule has 0 aliphatic heterocycles. The van der Waals surface area contributed by atoms with Gasteiger partial charge in [0.1, 0.15) is 6.73 Å². The second kappa shape index (κ2) is 6.80. The SMILES string of the molecule is Cc1ccc(Cl)c(Nc2ccccc2C(=O)NCO)c1Cl. The number of hydrogen-bond donors (Lipinski definition) is 3. The molecule has 4 nitrogen and oxygen atoms in total. The first-order valence-electron chi connectivity index (χ1n) is 6.24. The van der Waals surface area contributed by atoms with Gasteiger partial charge in [-0.2, -0.15) is 0 Å². The monoisotopic (exact) mass is 324 g/mol. The molecule has 2 aromatic rings. The number of benzene rings is 2. The van der Waals surface area contributed by atoms with Crippen LogP contribution in [0.2, 0.25) is 10.0 Å². The van der Waals surface area contributed by atoms with Crippen LogP contribution in [0.15, 0.2) is 36.4 Å². The highest BCUT2D eigenvalue weighted by Crippen LogP contribution is 2.35. The van der Waals surface area contributed by atoms with Gasteiger partial charge < -0.3 is 15.7 Å². The van der Waals surface area contributed by atoms with Crippen LogP contribution in [0.25, 0.3) is 0 Å². The molecule has 6 heteroatoms. The van der Waals surface area contributed by atoms with Gasteiger partial charge in [-0.3, -0.25) is 4.79 Å². The third-order valence-electron chi connectivity index (χ3n) is 2.96. The molecule has 110 valence electrons. The summed E-state index contributed by atoms with van der Waals surface area (Å²) in [6, 6.07) is 10.5. The molecule has 0 atom stereocenters. The Hall–Kier alpha value is -1.75. The van der Waals surface area contributed by atoms with Crippen LogP contribution in [0.5, 0.6) is 0 Å². The molecule has 0 heterocycles. The summed E-state index contributed by atoms with van der Waals surface area (Å²) in [6.07, 6.45) is 0. The van der Waals surface area contributed by atoms with E-state index >= 15 is 0 Å². The summed E-state index contributed by atoms with van der Waals surface area (Å²) >= 11 is 12.4. The highest BCUT2D eigenvalue weighted by molar-refractivity contribution is 6.39. The minimum absolute atomic E-state index is 0.388. The van der Waals surface area contributed by atoms with Crippen molar-refractivity contribution < 1.29 is 9.90 Å². The topological polar surface area (TPSA) is 61.4 Å². The zero-order valence-corrected chi connectivity index (χ0v) is 12.8. The maximum absolute atomic E-state index is 11.9. The molecule has 0 bridgehead atoms. The largest absolute Gasteiger partial charge is 0.376 e. The number of aryl methyl sites for hydroxylation is 1. The van der Waals surface area contributed by atoms with Crippen molar-refractivity contribution >= 4 is 40.5 Å². The third-order valence-corrected chi connectivity index (χ3v) is 3.76. The average molecular weight is 325 g/mol. The number of aliphatic hydroxyl groups excluding tert-OH is 1. The van der Waals surface area contributed by atoms with Gasteiger partial charge in [-0.1, -0.05) is 41.4 Å². The highest BCUT2D eigenvalue weighted by atomic mass is 35.5. The lowest BCUT2D eigenvalue weighted by Crippen LogP contribution is -2.24. The summed E-state index contributed by atoms with van der Waals surface area (Å²) in [4.78, 5) is 11.9. The summed E-state index contributed by atoms with van der Waals surface area (Å²) in [5, 5.41) is 15.2. The maximum Gasteiger partial charge on any atom is 0.255 e. The van der Waals surface area contributed by atoms with Gasteiger partial charge in [0.15, 0.2) is 0 Å². The van der Waals surface area contributed by atoms with Gasteiger partial charge in [-0.25, -0.2) is 0 Å². The number of carbonyl (C=O) groups excluding carboxylic acids is 1. The van der Waals surface area contributed by atoms with E-state index in [1.54, 1.807) is 30.3 Å². The molecule has 0 spiro atoms. The fourth-order valence-electron chi connectivity index (χ4n) is 1.86. The van der Waals surface area contributed by atoms with Crippen molar-refractivity contribution in [3.05, 3.63) is 57.6 Å². The highest BCUT2D eigenvalue weighted by Gasteiger charge is 2.14. The zero-order valence-electron chi connectivity index (χ0n) is 11.3. The van der Waals surface area contributed by atoms with Crippen LogP contribution in [0, 0.1) is 6.92 Å². The van der Waals surface area contributed by atoms with E-state index in [9.17, 15) is 4.79 Å². The van der Waals surface area contributed by atoms with Gasteiger partial charge in [-0.05, 0) is 30.7 Å². The van der Waals surface area contributed by atoms with Gasteiger partial charge in [-0.15, -0.1) is 0 Å². The number of nitrogens with one attached hydrogen (secondary N) is 2. The molecule has 1 amide bonds. The molecule has 0 saturated heterocycles. The molecule has 0 unspecified atom stereocenters. The fourth-order valence-corrected chi connectivity index (χ4v) is 2.33. The van der Waals surface area contributed by atoms with E-state index in [2.05, 4.69) is 10.6 Å². The average Bonchev–Trinajstić information content (AvgIpc) is 2.48. The summed E-state index contributed by atoms with van der Waals surface area (Å²) in [5.74, 6) is -0.388. The van der Waals surface area contributed by atoms with E-state index in [1.807, 2.05) is 13.0 Å². The Bertz CT molecular complexity index is 675. The summed E-state index contributed by atoms with van der Waals surface area (Å²) < 4.78 is 0. The molecule has 3 N–H and O–H groups in total. The maximum atomic E-state index is 11.9. The summed E-state index contributed by atoms with van der Waals surface area (Å²) in [5.41, 5.74) is 2.36. The van der Waals surface area contributed by atoms with Crippen molar-refractivity contribution in [3.63, 3.8) is 0 Å². The molecular weight excluding hydrogens is 311 g/mol. The van der Waals surface area contributed by atoms with Gasteiger partial charge >= 0.3 is 0 Å². The van der Waals surface area contributed by atoms with Crippen molar-refractivity contribution in [2.24, 2.45) is 0 Å². The van der Waals surface area contributed by atoms with Gasteiger partial charge in [0.2, 0.25) is 0 Å². The molecule has 2 rings (SSSR count). The first-order chi connectivity index (χ1) is 10.0. The molecule has 0 aliphatic carbocycles. The van der Waals surface area contributed by atoms with E-state index in [0.29, 0.717) is 27.0 Å². The van der Waals surface area contributed by atoms with Crippen LogP contribution in [-0.4, -0.2) is 17.7 Å². The van der Waals surface area contributed by atoms with E-state index in [1.165, 1.54) is 0 Å². The number of anilines is 2. The Balaban J connectivity index is 2.41. The Morgan fingerprint density at radius 3 is 2.62 bits per heavy atom. The van der Waals surface area contributed by atoms with Crippen LogP contribution < -0.4 is 10.6 Å². The number of carbonyl (C=O) groups is 1. The molecule has 21 heavy (non-hydrogen) atoms. The van der Waals surface area contributed by atoms with Crippen LogP contribution in [0.3, 0.4) is 0 Å². The quantitative estimate of drug-likeness (QED) is 0.751. The molecule has 2 aromatic carbocycles. The van der Waals surface area contributed by atoms with Crippen molar-refractivity contribution in [1.82, 2.24) is 5.32 Å². The van der Waals surface area contributed by atoms with Crippen molar-refractivity contribution in [2.75, 3.05) is 12.0 Å². The Kier molecular flexibility index (Phi) is 5.07. The molecule has 0 radical (unpaired) electrons. The number of hydrogen-bond acceptors (Lipinski definition) is 3. The first-order valence-corrected chi connectivity index (χ1v) is 7.00. The Morgan fingerprint density at radius 2 is 1.90 bits per heavy atom. The molecule has 0 aromatic heterocycles. The standard InChI is InChI=1S/C15H14Cl2N2O2/c1-9-6-7-11(16)14(13(9)17)19-12-5-3-2-4-10(12)15(21)18-8-20/h2-7,19-20H,8H2,1H3,(H,18,21). The van der Waals surface area contributed by atoms with E-state index in [-0.39, 0.29) is 5.91 Å². The lowest BCUT2D eigenvalue weighted by atomic mass is 10.1. The second-order valence-corrected chi connectivity index (χ2v) is 5.17. The number of aliphatic hydroxyl groups is 1. The predicted octanol–water partition coefficient (Wildman–Crippen LogP) is 3.73. The van der Waals surface area contributed by atoms with E-state index in [0.717, 1.165) is 5.56 Å². The van der Waals surface area contributed by atoms with Crippen LogP contribution >= 0.6 is 23.2 Å². The number of rotatable bonds is 4. The normalized spacial score (nSPS) is 10.3. The van der Waals surface area contributed by atoms with E-state index < -0.39 is 6.73 Å². The van der Waals surface area contributed by atoms with Crippen LogP contribution in [0.4, 0.5) is 11.4 Å². The van der Waals surface area contributed by atoms with Gasteiger partial charge in [0.25, 0.3) is 5.91 Å². The van der Waals surface area contributed by atoms with Crippen molar-refractivity contribution in [1.29, 1.82) is 0 Å². The van der Waals surface area contributed by atoms with E-state index in [4.69, 9.17) is 28.3 Å². The minimum Gasteiger partial charge on any atom is -0.376 e. The lowest BCUT2D eigenvalue weighted by Gasteiger charge is -2.15.